The zero-order valence-electron chi connectivity index (χ0n) is 14.1. The van der Waals surface area contributed by atoms with Gasteiger partial charge in [0.25, 0.3) is 0 Å². The molecular formula is C19H28N2O2. The number of nitrogens with zero attached hydrogens (tertiary/aromatic N) is 1. The maximum Gasteiger partial charge on any atom is 0.134 e. The Labute approximate surface area is 138 Å². The first-order chi connectivity index (χ1) is 11.3. The lowest BCUT2D eigenvalue weighted by Crippen LogP contribution is -2.42. The lowest BCUT2D eigenvalue weighted by atomic mass is 10.0. The molecule has 1 aliphatic rings. The van der Waals surface area contributed by atoms with E-state index < -0.39 is 0 Å². The second kappa shape index (κ2) is 7.95. The zero-order chi connectivity index (χ0) is 16.1. The summed E-state index contributed by atoms with van der Waals surface area (Å²) in [5.41, 5.74) is 2.21. The summed E-state index contributed by atoms with van der Waals surface area (Å²) >= 11 is 0. The number of nitrogens with one attached hydrogen (secondary N) is 1. The van der Waals surface area contributed by atoms with Crippen molar-refractivity contribution in [3.63, 3.8) is 0 Å². The number of likely N-dealkylation sites (tertiary alicyclic amines) is 1. The molecule has 0 spiro atoms. The molecule has 0 saturated carbocycles. The normalized spacial score (nSPS) is 19.5. The molecule has 2 aromatic rings. The molecule has 0 radical (unpaired) electrons. The van der Waals surface area contributed by atoms with Crippen molar-refractivity contribution in [2.75, 3.05) is 26.2 Å². The molecule has 1 aromatic heterocycles. The average Bonchev–Trinajstić information content (AvgIpc) is 2.91. The predicted molar refractivity (Wildman–Crippen MR) is 93.6 cm³/mol. The Bertz CT molecular complexity index is 623. The number of rotatable bonds is 7. The summed E-state index contributed by atoms with van der Waals surface area (Å²) in [6.45, 7) is 6.38. The highest BCUT2D eigenvalue weighted by Gasteiger charge is 2.20. The van der Waals surface area contributed by atoms with E-state index >= 15 is 0 Å². The van der Waals surface area contributed by atoms with E-state index in [-0.39, 0.29) is 0 Å². The highest BCUT2D eigenvalue weighted by Crippen LogP contribution is 2.24. The second-order valence-electron chi connectivity index (χ2n) is 6.54. The van der Waals surface area contributed by atoms with Gasteiger partial charge in [0, 0.05) is 11.4 Å². The molecule has 1 aliphatic heterocycles. The summed E-state index contributed by atoms with van der Waals surface area (Å²) < 4.78 is 5.92. The number of fused-ring (bicyclic) bond motifs is 1. The molecule has 2 N–H and O–H groups in total. The molecule has 0 aliphatic carbocycles. The van der Waals surface area contributed by atoms with Crippen molar-refractivity contribution in [1.82, 2.24) is 10.2 Å². The number of aliphatic hydroxyl groups excluding tert-OH is 1. The van der Waals surface area contributed by atoms with Crippen molar-refractivity contribution in [2.24, 2.45) is 0 Å². The summed E-state index contributed by atoms with van der Waals surface area (Å²) in [7, 11) is 0. The Morgan fingerprint density at radius 3 is 3.00 bits per heavy atom. The van der Waals surface area contributed by atoms with Crippen LogP contribution < -0.4 is 5.32 Å². The highest BCUT2D eigenvalue weighted by atomic mass is 16.3. The summed E-state index contributed by atoms with van der Waals surface area (Å²) in [5.74, 6) is 1.04. The SMILES string of the molecule is Cc1c(CNCCCN2CCCCC2CO)oc2ccccc12. The zero-order valence-corrected chi connectivity index (χ0v) is 14.1. The van der Waals surface area contributed by atoms with Crippen LogP contribution in [0, 0.1) is 6.92 Å². The van der Waals surface area contributed by atoms with Crippen molar-refractivity contribution >= 4 is 11.0 Å². The van der Waals surface area contributed by atoms with E-state index in [9.17, 15) is 5.11 Å². The van der Waals surface area contributed by atoms with Crippen LogP contribution in [0.5, 0.6) is 0 Å². The maximum atomic E-state index is 9.44. The molecule has 1 fully saturated rings. The fourth-order valence-corrected chi connectivity index (χ4v) is 3.56. The van der Waals surface area contributed by atoms with Crippen molar-refractivity contribution in [2.45, 2.75) is 45.2 Å². The largest absolute Gasteiger partial charge is 0.459 e. The third kappa shape index (κ3) is 3.94. The first-order valence-corrected chi connectivity index (χ1v) is 8.82. The Morgan fingerprint density at radius 2 is 2.17 bits per heavy atom. The van der Waals surface area contributed by atoms with Crippen LogP contribution in [0.1, 0.15) is 37.0 Å². The summed E-state index contributed by atoms with van der Waals surface area (Å²) in [5, 5.41) is 14.1. The lowest BCUT2D eigenvalue weighted by Gasteiger charge is -2.34. The van der Waals surface area contributed by atoms with Crippen molar-refractivity contribution in [3.8, 4) is 0 Å². The molecule has 0 bridgehead atoms. The van der Waals surface area contributed by atoms with E-state index in [1.165, 1.54) is 23.8 Å². The van der Waals surface area contributed by atoms with Crippen LogP contribution in [-0.4, -0.2) is 42.3 Å². The van der Waals surface area contributed by atoms with Crippen LogP contribution in [0.2, 0.25) is 0 Å². The monoisotopic (exact) mass is 316 g/mol. The van der Waals surface area contributed by atoms with Crippen molar-refractivity contribution < 1.29 is 9.52 Å². The number of aryl methyl sites for hydroxylation is 1. The van der Waals surface area contributed by atoms with E-state index in [0.29, 0.717) is 12.6 Å². The minimum Gasteiger partial charge on any atom is -0.459 e. The predicted octanol–water partition coefficient (Wildman–Crippen LogP) is 3.07. The van der Waals surface area contributed by atoms with Crippen LogP contribution in [0.25, 0.3) is 11.0 Å². The van der Waals surface area contributed by atoms with Gasteiger partial charge in [-0.2, -0.15) is 0 Å². The summed E-state index contributed by atoms with van der Waals surface area (Å²) in [6.07, 6.45) is 4.77. The van der Waals surface area contributed by atoms with E-state index in [1.54, 1.807) is 0 Å². The quantitative estimate of drug-likeness (QED) is 0.771. The molecular weight excluding hydrogens is 288 g/mol. The molecule has 23 heavy (non-hydrogen) atoms. The fourth-order valence-electron chi connectivity index (χ4n) is 3.56. The molecule has 4 nitrogen and oxygen atoms in total. The van der Waals surface area contributed by atoms with Crippen molar-refractivity contribution in [1.29, 1.82) is 0 Å². The van der Waals surface area contributed by atoms with Gasteiger partial charge in [-0.05, 0) is 57.5 Å². The minimum atomic E-state index is 0.297. The topological polar surface area (TPSA) is 48.6 Å². The molecule has 1 aromatic carbocycles. The molecule has 0 amide bonds. The van der Waals surface area contributed by atoms with Gasteiger partial charge in [-0.25, -0.2) is 0 Å². The van der Waals surface area contributed by atoms with Gasteiger partial charge in [-0.15, -0.1) is 0 Å². The van der Waals surface area contributed by atoms with E-state index in [1.807, 2.05) is 12.1 Å². The number of hydrogen-bond donors (Lipinski definition) is 2. The van der Waals surface area contributed by atoms with Gasteiger partial charge in [-0.3, -0.25) is 4.90 Å². The van der Waals surface area contributed by atoms with E-state index in [2.05, 4.69) is 29.3 Å². The smallest absolute Gasteiger partial charge is 0.134 e. The minimum absolute atomic E-state index is 0.297. The first kappa shape index (κ1) is 16.5. The molecule has 1 unspecified atom stereocenters. The lowest BCUT2D eigenvalue weighted by molar-refractivity contribution is 0.0892. The Balaban J connectivity index is 1.43. The van der Waals surface area contributed by atoms with Crippen LogP contribution >= 0.6 is 0 Å². The number of piperidine rings is 1. The van der Waals surface area contributed by atoms with Gasteiger partial charge in [0.1, 0.15) is 11.3 Å². The summed E-state index contributed by atoms with van der Waals surface area (Å²) in [6, 6.07) is 8.58. The number of benzene rings is 1. The Morgan fingerprint density at radius 1 is 1.30 bits per heavy atom. The van der Waals surface area contributed by atoms with Crippen molar-refractivity contribution in [3.05, 3.63) is 35.6 Å². The summed E-state index contributed by atoms with van der Waals surface area (Å²) in [4.78, 5) is 2.44. The number of aliphatic hydroxyl groups is 1. The molecule has 2 heterocycles. The van der Waals surface area contributed by atoms with Gasteiger partial charge in [0.05, 0.1) is 13.2 Å². The van der Waals surface area contributed by atoms with E-state index in [0.717, 1.165) is 50.4 Å². The molecule has 3 rings (SSSR count). The first-order valence-electron chi connectivity index (χ1n) is 8.82. The molecule has 126 valence electrons. The van der Waals surface area contributed by atoms with Gasteiger partial charge in [0.15, 0.2) is 0 Å². The van der Waals surface area contributed by atoms with Gasteiger partial charge in [0.2, 0.25) is 0 Å². The van der Waals surface area contributed by atoms with E-state index in [4.69, 9.17) is 4.42 Å². The van der Waals surface area contributed by atoms with Gasteiger partial charge >= 0.3 is 0 Å². The number of hydrogen-bond acceptors (Lipinski definition) is 4. The van der Waals surface area contributed by atoms with Gasteiger partial charge in [-0.1, -0.05) is 24.6 Å². The van der Waals surface area contributed by atoms with Gasteiger partial charge < -0.3 is 14.8 Å². The second-order valence-corrected chi connectivity index (χ2v) is 6.54. The number of furan rings is 1. The Kier molecular flexibility index (Phi) is 5.70. The third-order valence-electron chi connectivity index (χ3n) is 4.99. The Hall–Kier alpha value is -1.36. The number of para-hydroxylation sites is 1. The van der Waals surface area contributed by atoms with Crippen LogP contribution in [0.3, 0.4) is 0 Å². The molecule has 1 atom stereocenters. The highest BCUT2D eigenvalue weighted by molar-refractivity contribution is 5.81. The van der Waals surface area contributed by atoms with Crippen LogP contribution in [0.15, 0.2) is 28.7 Å². The standard InChI is InChI=1S/C19H28N2O2/c1-15-17-8-2-3-9-18(17)23-19(15)13-20-10-6-12-21-11-5-4-7-16(21)14-22/h2-3,8-9,16,20,22H,4-7,10-14H2,1H3. The fraction of sp³-hybridized carbons (Fsp3) is 0.579. The average molecular weight is 316 g/mol. The van der Waals surface area contributed by atoms with Crippen LogP contribution in [-0.2, 0) is 6.54 Å². The molecule has 1 saturated heterocycles. The maximum absolute atomic E-state index is 9.44. The third-order valence-corrected chi connectivity index (χ3v) is 4.99. The van der Waals surface area contributed by atoms with Crippen LogP contribution in [0.4, 0.5) is 0 Å². The molecule has 4 heteroatoms.